The van der Waals surface area contributed by atoms with Gasteiger partial charge in [0.25, 0.3) is 0 Å². The first-order chi connectivity index (χ1) is 9.93. The van der Waals surface area contributed by atoms with Crippen LogP contribution in [0.15, 0.2) is 17.1 Å². The number of nitrogens with one attached hydrogen (secondary N) is 1. The second-order valence-corrected chi connectivity index (χ2v) is 5.80. The second kappa shape index (κ2) is 5.06. The highest BCUT2D eigenvalue weighted by Gasteiger charge is 2.53. The highest BCUT2D eigenvalue weighted by atomic mass is 16.6. The fourth-order valence-electron chi connectivity index (χ4n) is 2.50. The van der Waals surface area contributed by atoms with Crippen molar-refractivity contribution >= 4 is 5.82 Å². The van der Waals surface area contributed by atoms with Crippen molar-refractivity contribution in [2.45, 2.75) is 49.8 Å². The number of aliphatic hydroxyl groups excluding tert-OH is 2. The molecule has 2 heterocycles. The van der Waals surface area contributed by atoms with E-state index in [1.165, 1.54) is 13.1 Å². The van der Waals surface area contributed by atoms with Gasteiger partial charge in [0.15, 0.2) is 6.23 Å². The molecule has 1 aliphatic carbocycles. The van der Waals surface area contributed by atoms with Gasteiger partial charge in [-0.05, 0) is 25.8 Å². The van der Waals surface area contributed by atoms with Gasteiger partial charge in [0.1, 0.15) is 23.6 Å². The molecule has 1 saturated carbocycles. The summed E-state index contributed by atoms with van der Waals surface area (Å²) in [7, 11) is 0. The molecule has 2 aliphatic rings. The van der Waals surface area contributed by atoms with Crippen molar-refractivity contribution in [2.24, 2.45) is 0 Å². The summed E-state index contributed by atoms with van der Waals surface area (Å²) in [5.41, 5.74) is -2.28. The first kappa shape index (κ1) is 14.5. The standard InChI is InChI=1S/C13H19N3O5/c1-13(20)10(18)8(6-17)21-11(13)16-5-4-9(15-12(16)19)14-7-2-3-7/h4-5,7-8,10-11,17-18,20H,2-3,6H2,1H3,(H,14,15,19)/t8-,10-,11-,13-/m1/s1. The minimum Gasteiger partial charge on any atom is -0.394 e. The monoisotopic (exact) mass is 297 g/mol. The van der Waals surface area contributed by atoms with E-state index in [2.05, 4.69) is 10.3 Å². The minimum absolute atomic E-state index is 0.374. The zero-order valence-electron chi connectivity index (χ0n) is 11.6. The lowest BCUT2D eigenvalue weighted by molar-refractivity contribution is -0.0986. The van der Waals surface area contributed by atoms with Gasteiger partial charge in [0.05, 0.1) is 6.61 Å². The van der Waals surface area contributed by atoms with Gasteiger partial charge in [0.2, 0.25) is 0 Å². The lowest BCUT2D eigenvalue weighted by Gasteiger charge is -2.27. The van der Waals surface area contributed by atoms with E-state index in [-0.39, 0.29) is 0 Å². The molecule has 0 unspecified atom stereocenters. The normalized spacial score (nSPS) is 35.9. The van der Waals surface area contributed by atoms with Crippen molar-refractivity contribution in [2.75, 3.05) is 11.9 Å². The van der Waals surface area contributed by atoms with E-state index in [0.717, 1.165) is 17.4 Å². The quantitative estimate of drug-likeness (QED) is 0.552. The van der Waals surface area contributed by atoms with Gasteiger partial charge in [-0.3, -0.25) is 4.57 Å². The Hall–Kier alpha value is -1.48. The number of anilines is 1. The number of aromatic nitrogens is 2. The van der Waals surface area contributed by atoms with E-state index in [0.29, 0.717) is 11.9 Å². The molecule has 1 aliphatic heterocycles. The molecule has 1 saturated heterocycles. The summed E-state index contributed by atoms with van der Waals surface area (Å²) in [4.78, 5) is 16.0. The summed E-state index contributed by atoms with van der Waals surface area (Å²) in [6.45, 7) is 0.915. The Labute approximate surface area is 121 Å². The van der Waals surface area contributed by atoms with E-state index < -0.39 is 36.3 Å². The summed E-state index contributed by atoms with van der Waals surface area (Å²) in [6.07, 6.45) is 0.265. The Kier molecular flexibility index (Phi) is 3.48. The lowest BCUT2D eigenvalue weighted by atomic mass is 9.96. The first-order valence-corrected chi connectivity index (χ1v) is 6.96. The highest BCUT2D eigenvalue weighted by molar-refractivity contribution is 5.35. The van der Waals surface area contributed by atoms with E-state index in [4.69, 9.17) is 9.84 Å². The summed E-state index contributed by atoms with van der Waals surface area (Å²) in [5, 5.41) is 32.5. The molecule has 4 N–H and O–H groups in total. The van der Waals surface area contributed by atoms with Crippen LogP contribution in [0.25, 0.3) is 0 Å². The van der Waals surface area contributed by atoms with Crippen LogP contribution >= 0.6 is 0 Å². The first-order valence-electron chi connectivity index (χ1n) is 6.96. The van der Waals surface area contributed by atoms with Crippen molar-refractivity contribution in [3.05, 3.63) is 22.7 Å². The molecule has 0 aromatic carbocycles. The summed E-state index contributed by atoms with van der Waals surface area (Å²) in [5.74, 6) is 0.482. The molecule has 116 valence electrons. The fraction of sp³-hybridized carbons (Fsp3) is 0.692. The summed E-state index contributed by atoms with van der Waals surface area (Å²) >= 11 is 0. The number of hydrogen-bond acceptors (Lipinski definition) is 7. The Morgan fingerprint density at radius 1 is 1.57 bits per heavy atom. The maximum absolute atomic E-state index is 12.1. The average molecular weight is 297 g/mol. The van der Waals surface area contributed by atoms with Crippen LogP contribution in [-0.2, 0) is 4.74 Å². The van der Waals surface area contributed by atoms with Gasteiger partial charge in [-0.1, -0.05) is 0 Å². The number of ether oxygens (including phenoxy) is 1. The lowest BCUT2D eigenvalue weighted by Crippen LogP contribution is -2.46. The van der Waals surface area contributed by atoms with E-state index >= 15 is 0 Å². The van der Waals surface area contributed by atoms with Crippen LogP contribution in [-0.4, -0.2) is 55.3 Å². The number of nitrogens with zero attached hydrogens (tertiary/aromatic N) is 2. The van der Waals surface area contributed by atoms with Crippen molar-refractivity contribution in [3.8, 4) is 0 Å². The van der Waals surface area contributed by atoms with Crippen LogP contribution < -0.4 is 11.0 Å². The van der Waals surface area contributed by atoms with E-state index in [9.17, 15) is 15.0 Å². The third-order valence-electron chi connectivity index (χ3n) is 3.95. The molecule has 1 aromatic rings. The number of aliphatic hydroxyl groups is 3. The molecular weight excluding hydrogens is 278 g/mol. The summed E-state index contributed by atoms with van der Waals surface area (Å²) in [6, 6.07) is 2.00. The molecule has 8 heteroatoms. The molecule has 0 amide bonds. The van der Waals surface area contributed by atoms with Crippen LogP contribution in [0.1, 0.15) is 26.0 Å². The predicted molar refractivity (Wildman–Crippen MR) is 72.8 cm³/mol. The zero-order valence-corrected chi connectivity index (χ0v) is 11.6. The SMILES string of the molecule is C[C@@]1(O)[C@H](O)[C@@H](CO)O[C@H]1n1ccc(NC2CC2)nc1=O. The molecule has 0 bridgehead atoms. The van der Waals surface area contributed by atoms with E-state index in [1.807, 2.05) is 0 Å². The Morgan fingerprint density at radius 2 is 2.29 bits per heavy atom. The van der Waals surface area contributed by atoms with Crippen molar-refractivity contribution in [1.29, 1.82) is 0 Å². The Bertz CT molecular complexity index is 583. The Morgan fingerprint density at radius 3 is 2.81 bits per heavy atom. The van der Waals surface area contributed by atoms with Gasteiger partial charge in [-0.25, -0.2) is 4.79 Å². The fourth-order valence-corrected chi connectivity index (χ4v) is 2.50. The molecule has 2 fully saturated rings. The molecule has 3 rings (SSSR count). The van der Waals surface area contributed by atoms with Crippen LogP contribution in [0.3, 0.4) is 0 Å². The largest absolute Gasteiger partial charge is 0.394 e. The summed E-state index contributed by atoms with van der Waals surface area (Å²) < 4.78 is 6.51. The molecule has 0 radical (unpaired) electrons. The van der Waals surface area contributed by atoms with Crippen LogP contribution in [0.5, 0.6) is 0 Å². The highest BCUT2D eigenvalue weighted by Crippen LogP contribution is 2.37. The number of rotatable bonds is 4. The van der Waals surface area contributed by atoms with Crippen molar-refractivity contribution in [1.82, 2.24) is 9.55 Å². The van der Waals surface area contributed by atoms with Crippen LogP contribution in [0, 0.1) is 0 Å². The smallest absolute Gasteiger partial charge is 0.351 e. The molecule has 4 atom stereocenters. The maximum Gasteiger partial charge on any atom is 0.351 e. The predicted octanol–water partition coefficient (Wildman–Crippen LogP) is -1.18. The molecule has 0 spiro atoms. The van der Waals surface area contributed by atoms with Gasteiger partial charge in [-0.15, -0.1) is 0 Å². The molecule has 21 heavy (non-hydrogen) atoms. The average Bonchev–Trinajstić information content (AvgIpc) is 3.20. The topological polar surface area (TPSA) is 117 Å². The molecule has 8 nitrogen and oxygen atoms in total. The van der Waals surface area contributed by atoms with Crippen LogP contribution in [0.4, 0.5) is 5.82 Å². The second-order valence-electron chi connectivity index (χ2n) is 5.80. The molecular formula is C13H19N3O5. The third-order valence-corrected chi connectivity index (χ3v) is 3.95. The number of hydrogen-bond donors (Lipinski definition) is 4. The van der Waals surface area contributed by atoms with Gasteiger partial charge >= 0.3 is 5.69 Å². The van der Waals surface area contributed by atoms with Crippen LogP contribution in [0.2, 0.25) is 0 Å². The van der Waals surface area contributed by atoms with Gasteiger partial charge in [0, 0.05) is 12.2 Å². The third kappa shape index (κ3) is 2.55. The maximum atomic E-state index is 12.1. The van der Waals surface area contributed by atoms with Gasteiger partial charge < -0.3 is 25.4 Å². The van der Waals surface area contributed by atoms with Crippen molar-refractivity contribution in [3.63, 3.8) is 0 Å². The zero-order chi connectivity index (χ0) is 15.2. The van der Waals surface area contributed by atoms with Crippen molar-refractivity contribution < 1.29 is 20.1 Å². The van der Waals surface area contributed by atoms with Gasteiger partial charge in [-0.2, -0.15) is 4.98 Å². The molecule has 1 aromatic heterocycles. The van der Waals surface area contributed by atoms with E-state index in [1.54, 1.807) is 6.07 Å². The minimum atomic E-state index is -1.69. The Balaban J connectivity index is 1.87.